The molecule has 0 radical (unpaired) electrons. The molecule has 0 aliphatic rings. The summed E-state index contributed by atoms with van der Waals surface area (Å²) in [6, 6.07) is 15.4. The minimum absolute atomic E-state index is 0.0441. The third kappa shape index (κ3) is 5.03. The first-order valence-electron chi connectivity index (χ1n) is 9.32. The number of hydrogen-bond donors (Lipinski definition) is 1. The first kappa shape index (κ1) is 21.5. The molecule has 1 aromatic heterocycles. The molecule has 30 heavy (non-hydrogen) atoms. The van der Waals surface area contributed by atoms with Crippen molar-refractivity contribution in [3.63, 3.8) is 0 Å². The number of rotatable bonds is 8. The second kappa shape index (κ2) is 10.00. The lowest BCUT2D eigenvalue weighted by atomic mass is 10.2. The van der Waals surface area contributed by atoms with E-state index in [9.17, 15) is 14.4 Å². The summed E-state index contributed by atoms with van der Waals surface area (Å²) in [6.45, 7) is 0.736. The van der Waals surface area contributed by atoms with Gasteiger partial charge in [0, 0.05) is 25.3 Å². The molecule has 2 aromatic carbocycles. The average molecular weight is 429 g/mol. The van der Waals surface area contributed by atoms with E-state index in [-0.39, 0.29) is 12.2 Å². The fraction of sp³-hybridized carbons (Fsp3) is 0.238. The number of hydrogen-bond acceptors (Lipinski definition) is 5. The van der Waals surface area contributed by atoms with Gasteiger partial charge in [-0.25, -0.2) is 4.79 Å². The van der Waals surface area contributed by atoms with Crippen LogP contribution < -0.4 is 16.6 Å². The van der Waals surface area contributed by atoms with E-state index in [4.69, 9.17) is 16.3 Å². The molecule has 0 atom stereocenters. The summed E-state index contributed by atoms with van der Waals surface area (Å²) < 4.78 is 6.99. The van der Waals surface area contributed by atoms with E-state index in [0.29, 0.717) is 35.8 Å². The van der Waals surface area contributed by atoms with Crippen LogP contribution in [0.1, 0.15) is 22.5 Å². The van der Waals surface area contributed by atoms with Gasteiger partial charge in [0.05, 0.1) is 12.2 Å². The van der Waals surface area contributed by atoms with Crippen molar-refractivity contribution in [2.45, 2.75) is 13.0 Å². The maximum atomic E-state index is 13.0. The van der Waals surface area contributed by atoms with Crippen LogP contribution in [0, 0.1) is 0 Å². The molecular formula is C21H21ClN4O4. The van der Waals surface area contributed by atoms with E-state index in [1.165, 1.54) is 0 Å². The first-order valence-corrected chi connectivity index (χ1v) is 9.70. The van der Waals surface area contributed by atoms with E-state index in [2.05, 4.69) is 10.4 Å². The molecule has 1 amide bonds. The van der Waals surface area contributed by atoms with Crippen molar-refractivity contribution in [2.75, 3.05) is 20.3 Å². The minimum atomic E-state index is -0.767. The Morgan fingerprint density at radius 2 is 1.90 bits per heavy atom. The lowest BCUT2D eigenvalue weighted by Crippen LogP contribution is -2.46. The number of methoxy groups -OCH3 is 1. The smallest absolute Gasteiger partial charge is 0.352 e. The van der Waals surface area contributed by atoms with E-state index < -0.39 is 17.2 Å². The minimum Gasteiger partial charge on any atom is -0.385 e. The highest BCUT2D eigenvalue weighted by Crippen LogP contribution is 2.11. The molecule has 9 heteroatoms. The molecular weight excluding hydrogens is 408 g/mol. The van der Waals surface area contributed by atoms with E-state index in [0.717, 1.165) is 9.25 Å². The van der Waals surface area contributed by atoms with Crippen molar-refractivity contribution >= 4 is 17.5 Å². The van der Waals surface area contributed by atoms with Gasteiger partial charge in [0.25, 0.3) is 11.5 Å². The Hall–Kier alpha value is -3.23. The largest absolute Gasteiger partial charge is 0.385 e. The number of carbonyl (C=O) groups is 1. The molecule has 1 heterocycles. The number of carbonyl (C=O) groups excluding carboxylic acids is 1. The van der Waals surface area contributed by atoms with Gasteiger partial charge in [0.1, 0.15) is 0 Å². The van der Waals surface area contributed by atoms with Gasteiger partial charge in [-0.3, -0.25) is 14.2 Å². The Kier molecular flexibility index (Phi) is 7.16. The van der Waals surface area contributed by atoms with Crippen LogP contribution in [0.4, 0.5) is 0 Å². The molecule has 0 aliphatic heterocycles. The van der Waals surface area contributed by atoms with E-state index in [1.807, 2.05) is 0 Å². The van der Waals surface area contributed by atoms with Gasteiger partial charge in [-0.05, 0) is 36.2 Å². The van der Waals surface area contributed by atoms with Crippen molar-refractivity contribution in [3.05, 3.63) is 91.7 Å². The predicted octanol–water partition coefficient (Wildman–Crippen LogP) is 1.86. The highest BCUT2D eigenvalue weighted by Gasteiger charge is 2.20. The van der Waals surface area contributed by atoms with Gasteiger partial charge in [0.15, 0.2) is 0 Å². The lowest BCUT2D eigenvalue weighted by Gasteiger charge is -2.12. The Labute approximate surface area is 177 Å². The number of aromatic nitrogens is 3. The highest BCUT2D eigenvalue weighted by atomic mass is 35.5. The Bertz CT molecular complexity index is 1140. The Morgan fingerprint density at radius 3 is 2.60 bits per heavy atom. The third-order valence-electron chi connectivity index (χ3n) is 4.32. The SMILES string of the molecule is COCCCNC(=O)c1nn(-c2ccccc2)c(=O)n(Cc2cccc(Cl)c2)c1=O. The second-order valence-electron chi connectivity index (χ2n) is 6.50. The van der Waals surface area contributed by atoms with Crippen molar-refractivity contribution < 1.29 is 9.53 Å². The molecule has 3 rings (SSSR count). The summed E-state index contributed by atoms with van der Waals surface area (Å²) in [7, 11) is 1.56. The first-order chi connectivity index (χ1) is 14.5. The highest BCUT2D eigenvalue weighted by molar-refractivity contribution is 6.30. The van der Waals surface area contributed by atoms with Gasteiger partial charge < -0.3 is 10.1 Å². The fourth-order valence-corrected chi connectivity index (χ4v) is 3.07. The van der Waals surface area contributed by atoms with Gasteiger partial charge in [-0.1, -0.05) is 41.9 Å². The van der Waals surface area contributed by atoms with Crippen molar-refractivity contribution in [2.24, 2.45) is 0 Å². The number of amides is 1. The van der Waals surface area contributed by atoms with Crippen LogP contribution >= 0.6 is 11.6 Å². The van der Waals surface area contributed by atoms with Gasteiger partial charge in [-0.15, -0.1) is 0 Å². The summed E-state index contributed by atoms with van der Waals surface area (Å²) in [5, 5.41) is 7.18. The number of halogens is 1. The monoisotopic (exact) mass is 428 g/mol. The zero-order valence-corrected chi connectivity index (χ0v) is 17.1. The quantitative estimate of drug-likeness (QED) is 0.552. The van der Waals surface area contributed by atoms with Gasteiger partial charge >= 0.3 is 5.69 Å². The van der Waals surface area contributed by atoms with Crippen LogP contribution in [-0.2, 0) is 11.3 Å². The van der Waals surface area contributed by atoms with Crippen molar-refractivity contribution in [3.8, 4) is 5.69 Å². The molecule has 0 spiro atoms. The molecule has 8 nitrogen and oxygen atoms in total. The van der Waals surface area contributed by atoms with E-state index >= 15 is 0 Å². The molecule has 1 N–H and O–H groups in total. The molecule has 0 unspecified atom stereocenters. The molecule has 0 bridgehead atoms. The fourth-order valence-electron chi connectivity index (χ4n) is 2.85. The Balaban J connectivity index is 2.07. The van der Waals surface area contributed by atoms with Crippen LogP contribution in [0.2, 0.25) is 5.02 Å². The standard InChI is InChI=1S/C21H21ClN4O4/c1-30-12-6-11-23-19(27)18-20(28)25(14-15-7-5-8-16(22)13-15)21(29)26(24-18)17-9-3-2-4-10-17/h2-5,7-10,13H,6,11-12,14H2,1H3,(H,23,27). The van der Waals surface area contributed by atoms with Crippen molar-refractivity contribution in [1.29, 1.82) is 0 Å². The number of benzene rings is 2. The second-order valence-corrected chi connectivity index (χ2v) is 6.94. The summed E-state index contributed by atoms with van der Waals surface area (Å²) in [5.74, 6) is -0.652. The predicted molar refractivity (Wildman–Crippen MR) is 113 cm³/mol. The molecule has 3 aromatic rings. The van der Waals surface area contributed by atoms with Crippen molar-refractivity contribution in [1.82, 2.24) is 19.7 Å². The summed E-state index contributed by atoms with van der Waals surface area (Å²) in [4.78, 5) is 38.6. The molecule has 0 saturated carbocycles. The molecule has 156 valence electrons. The molecule has 0 saturated heterocycles. The zero-order valence-electron chi connectivity index (χ0n) is 16.4. The maximum absolute atomic E-state index is 13.0. The van der Waals surface area contributed by atoms with Crippen LogP contribution in [0.3, 0.4) is 0 Å². The van der Waals surface area contributed by atoms with Gasteiger partial charge in [0.2, 0.25) is 5.69 Å². The van der Waals surface area contributed by atoms with Crippen LogP contribution in [0.5, 0.6) is 0 Å². The molecule has 0 aliphatic carbocycles. The third-order valence-corrected chi connectivity index (χ3v) is 4.55. The maximum Gasteiger partial charge on any atom is 0.352 e. The van der Waals surface area contributed by atoms with Gasteiger partial charge in [-0.2, -0.15) is 9.78 Å². The normalized spacial score (nSPS) is 10.7. The number of para-hydroxylation sites is 1. The average Bonchev–Trinajstić information content (AvgIpc) is 2.75. The Morgan fingerprint density at radius 1 is 1.13 bits per heavy atom. The lowest BCUT2D eigenvalue weighted by molar-refractivity contribution is 0.0938. The number of ether oxygens (including phenoxy) is 1. The summed E-state index contributed by atoms with van der Waals surface area (Å²) >= 11 is 6.03. The summed E-state index contributed by atoms with van der Waals surface area (Å²) in [6.07, 6.45) is 0.581. The molecule has 0 fully saturated rings. The number of nitrogens with zero attached hydrogens (tertiary/aromatic N) is 3. The zero-order chi connectivity index (χ0) is 21.5. The topological polar surface area (TPSA) is 95.2 Å². The van der Waals surface area contributed by atoms with Crippen LogP contribution in [0.25, 0.3) is 5.69 Å². The summed E-state index contributed by atoms with van der Waals surface area (Å²) in [5.41, 5.74) is -0.689. The number of nitrogens with one attached hydrogen (secondary N) is 1. The van der Waals surface area contributed by atoms with Crippen LogP contribution in [-0.4, -0.2) is 40.5 Å². The van der Waals surface area contributed by atoms with E-state index in [1.54, 1.807) is 61.7 Å². The van der Waals surface area contributed by atoms with Crippen LogP contribution in [0.15, 0.2) is 64.2 Å².